The Bertz CT molecular complexity index is 363. The number of aromatic nitrogens is 1. The van der Waals surface area contributed by atoms with Gasteiger partial charge in [-0.25, -0.2) is 9.78 Å². The van der Waals surface area contributed by atoms with Gasteiger partial charge in [0.1, 0.15) is 0 Å². The minimum absolute atomic E-state index is 0.00134. The summed E-state index contributed by atoms with van der Waals surface area (Å²) in [6.07, 6.45) is 0.572. The van der Waals surface area contributed by atoms with Crippen LogP contribution in [0, 0.1) is 0 Å². The molecule has 0 unspecified atom stereocenters. The molecule has 0 aliphatic rings. The van der Waals surface area contributed by atoms with Gasteiger partial charge in [-0.15, -0.1) is 0 Å². The van der Waals surface area contributed by atoms with Gasteiger partial charge in [0, 0.05) is 0 Å². The summed E-state index contributed by atoms with van der Waals surface area (Å²) in [5.41, 5.74) is 6.56. The lowest BCUT2D eigenvalue weighted by molar-refractivity contribution is 0.0688. The van der Waals surface area contributed by atoms with E-state index in [-0.39, 0.29) is 11.6 Å². The molecule has 0 aliphatic carbocycles. The Labute approximate surface area is 81.5 Å². The summed E-state index contributed by atoms with van der Waals surface area (Å²) in [5.74, 6) is -0.917. The van der Waals surface area contributed by atoms with Crippen LogP contribution in [0.5, 0.6) is 5.88 Å². The van der Waals surface area contributed by atoms with E-state index >= 15 is 0 Å². The van der Waals surface area contributed by atoms with Gasteiger partial charge in [-0.05, 0) is 18.1 Å². The highest BCUT2D eigenvalue weighted by Gasteiger charge is 2.14. The molecule has 0 aromatic carbocycles. The van der Waals surface area contributed by atoms with Gasteiger partial charge in [0.15, 0.2) is 5.69 Å². The fourth-order valence-electron chi connectivity index (χ4n) is 1.17. The topological polar surface area (TPSA) is 85.4 Å². The van der Waals surface area contributed by atoms with Crippen LogP contribution in [-0.4, -0.2) is 23.2 Å². The molecule has 5 nitrogen and oxygen atoms in total. The maximum absolute atomic E-state index is 10.8. The van der Waals surface area contributed by atoms with Crippen molar-refractivity contribution in [2.24, 2.45) is 0 Å². The van der Waals surface area contributed by atoms with Crippen LogP contribution in [0.2, 0.25) is 0 Å². The molecule has 0 saturated carbocycles. The number of anilines is 1. The SMILES string of the molecule is CCc1cc(N)c(OC)nc1C(=O)O. The minimum atomic E-state index is -1.07. The van der Waals surface area contributed by atoms with Crippen molar-refractivity contribution in [3.8, 4) is 5.88 Å². The number of aryl methyl sites for hydroxylation is 1. The number of carboxylic acids is 1. The van der Waals surface area contributed by atoms with E-state index in [1.54, 1.807) is 6.07 Å². The zero-order valence-corrected chi connectivity index (χ0v) is 8.07. The number of rotatable bonds is 3. The number of ether oxygens (including phenoxy) is 1. The zero-order chi connectivity index (χ0) is 10.7. The molecule has 0 spiro atoms. The van der Waals surface area contributed by atoms with Crippen LogP contribution in [0.3, 0.4) is 0 Å². The van der Waals surface area contributed by atoms with Crippen LogP contribution >= 0.6 is 0 Å². The normalized spacial score (nSPS) is 9.86. The van der Waals surface area contributed by atoms with Crippen molar-refractivity contribution in [3.05, 3.63) is 17.3 Å². The first-order valence-electron chi connectivity index (χ1n) is 4.16. The van der Waals surface area contributed by atoms with Crippen molar-refractivity contribution < 1.29 is 14.6 Å². The third-order valence-electron chi connectivity index (χ3n) is 1.87. The van der Waals surface area contributed by atoms with Gasteiger partial charge in [-0.3, -0.25) is 0 Å². The van der Waals surface area contributed by atoms with Crippen molar-refractivity contribution in [1.29, 1.82) is 0 Å². The van der Waals surface area contributed by atoms with E-state index in [0.29, 0.717) is 17.7 Å². The summed E-state index contributed by atoms with van der Waals surface area (Å²) in [6, 6.07) is 1.58. The Morgan fingerprint density at radius 1 is 1.71 bits per heavy atom. The van der Waals surface area contributed by atoms with Crippen molar-refractivity contribution >= 4 is 11.7 Å². The van der Waals surface area contributed by atoms with E-state index in [2.05, 4.69) is 4.98 Å². The molecule has 0 radical (unpaired) electrons. The quantitative estimate of drug-likeness (QED) is 0.751. The fraction of sp³-hybridized carbons (Fsp3) is 0.333. The molecule has 1 aromatic rings. The monoisotopic (exact) mass is 196 g/mol. The Balaban J connectivity index is 3.32. The molecule has 5 heteroatoms. The molecule has 0 saturated heterocycles. The predicted molar refractivity (Wildman–Crippen MR) is 51.5 cm³/mol. The largest absolute Gasteiger partial charge is 0.480 e. The predicted octanol–water partition coefficient (Wildman–Crippen LogP) is 0.933. The number of carbonyl (C=O) groups is 1. The van der Waals surface area contributed by atoms with Crippen LogP contribution in [-0.2, 0) is 6.42 Å². The van der Waals surface area contributed by atoms with Crippen LogP contribution in [0.4, 0.5) is 5.69 Å². The van der Waals surface area contributed by atoms with Gasteiger partial charge in [0.25, 0.3) is 0 Å². The minimum Gasteiger partial charge on any atom is -0.480 e. The highest BCUT2D eigenvalue weighted by Crippen LogP contribution is 2.22. The first-order valence-corrected chi connectivity index (χ1v) is 4.16. The number of nitrogen functional groups attached to an aromatic ring is 1. The summed E-state index contributed by atoms with van der Waals surface area (Å²) in [7, 11) is 1.40. The number of nitrogens with two attached hydrogens (primary N) is 1. The van der Waals surface area contributed by atoms with Gasteiger partial charge < -0.3 is 15.6 Å². The zero-order valence-electron chi connectivity index (χ0n) is 8.07. The fourth-order valence-corrected chi connectivity index (χ4v) is 1.17. The van der Waals surface area contributed by atoms with Gasteiger partial charge in [-0.2, -0.15) is 0 Å². The molecule has 76 valence electrons. The molecule has 0 fully saturated rings. The molecule has 3 N–H and O–H groups in total. The standard InChI is InChI=1S/C9H12N2O3/c1-3-5-4-6(10)8(14-2)11-7(5)9(12)13/h4H,3,10H2,1-2H3,(H,12,13). The number of methoxy groups -OCH3 is 1. The third kappa shape index (κ3) is 1.76. The van der Waals surface area contributed by atoms with E-state index in [1.165, 1.54) is 7.11 Å². The van der Waals surface area contributed by atoms with Crippen molar-refractivity contribution in [2.45, 2.75) is 13.3 Å². The van der Waals surface area contributed by atoms with Gasteiger partial charge in [0.05, 0.1) is 12.8 Å². The lowest BCUT2D eigenvalue weighted by Gasteiger charge is -2.07. The Hall–Kier alpha value is -1.78. The highest BCUT2D eigenvalue weighted by atomic mass is 16.5. The van der Waals surface area contributed by atoms with E-state index in [1.807, 2.05) is 6.92 Å². The molecular weight excluding hydrogens is 184 g/mol. The Morgan fingerprint density at radius 3 is 2.79 bits per heavy atom. The van der Waals surface area contributed by atoms with Gasteiger partial charge in [-0.1, -0.05) is 6.92 Å². The second-order valence-corrected chi connectivity index (χ2v) is 2.75. The molecular formula is C9H12N2O3. The molecule has 0 aliphatic heterocycles. The number of aromatic carboxylic acids is 1. The van der Waals surface area contributed by atoms with E-state index in [9.17, 15) is 4.79 Å². The van der Waals surface area contributed by atoms with E-state index in [4.69, 9.17) is 15.6 Å². The van der Waals surface area contributed by atoms with Crippen molar-refractivity contribution in [2.75, 3.05) is 12.8 Å². The van der Waals surface area contributed by atoms with Crippen LogP contribution in [0.25, 0.3) is 0 Å². The number of hydrogen-bond acceptors (Lipinski definition) is 4. The van der Waals surface area contributed by atoms with Crippen LogP contribution in [0.15, 0.2) is 6.07 Å². The number of nitrogens with zero attached hydrogens (tertiary/aromatic N) is 1. The molecule has 14 heavy (non-hydrogen) atoms. The van der Waals surface area contributed by atoms with E-state index in [0.717, 1.165) is 0 Å². The van der Waals surface area contributed by atoms with Gasteiger partial charge >= 0.3 is 5.97 Å². The summed E-state index contributed by atoms with van der Waals surface area (Å²) in [5, 5.41) is 8.85. The Kier molecular flexibility index (Phi) is 2.91. The second kappa shape index (κ2) is 3.95. The smallest absolute Gasteiger partial charge is 0.354 e. The molecule has 0 bridgehead atoms. The lowest BCUT2D eigenvalue weighted by Crippen LogP contribution is -2.08. The van der Waals surface area contributed by atoms with Crippen molar-refractivity contribution in [1.82, 2.24) is 4.98 Å². The highest BCUT2D eigenvalue weighted by molar-refractivity contribution is 5.88. The second-order valence-electron chi connectivity index (χ2n) is 2.75. The molecule has 1 heterocycles. The first kappa shape index (κ1) is 10.3. The Morgan fingerprint density at radius 2 is 2.36 bits per heavy atom. The average Bonchev–Trinajstić information content (AvgIpc) is 2.16. The van der Waals surface area contributed by atoms with Crippen LogP contribution in [0.1, 0.15) is 23.0 Å². The first-order chi connectivity index (χ1) is 6.60. The summed E-state index contributed by atoms with van der Waals surface area (Å²) in [4.78, 5) is 14.6. The maximum atomic E-state index is 10.8. The summed E-state index contributed by atoms with van der Waals surface area (Å²) in [6.45, 7) is 1.84. The summed E-state index contributed by atoms with van der Waals surface area (Å²) >= 11 is 0. The molecule has 0 amide bonds. The average molecular weight is 196 g/mol. The molecule has 1 rings (SSSR count). The van der Waals surface area contributed by atoms with Gasteiger partial charge in [0.2, 0.25) is 5.88 Å². The number of hydrogen-bond donors (Lipinski definition) is 2. The van der Waals surface area contributed by atoms with Crippen molar-refractivity contribution in [3.63, 3.8) is 0 Å². The summed E-state index contributed by atoms with van der Waals surface area (Å²) < 4.78 is 4.84. The van der Waals surface area contributed by atoms with E-state index < -0.39 is 5.97 Å². The third-order valence-corrected chi connectivity index (χ3v) is 1.87. The molecule has 1 aromatic heterocycles. The van der Waals surface area contributed by atoms with Crippen LogP contribution < -0.4 is 10.5 Å². The molecule has 0 atom stereocenters. The number of carboxylic acid groups (broad SMARTS) is 1. The maximum Gasteiger partial charge on any atom is 0.354 e. The number of pyridine rings is 1. The lowest BCUT2D eigenvalue weighted by atomic mass is 10.1.